The molecule has 122 valence electrons. The third-order valence-corrected chi connectivity index (χ3v) is 3.96. The normalized spacial score (nSPS) is 11.8. The molecule has 1 aromatic heterocycles. The zero-order valence-corrected chi connectivity index (χ0v) is 14.2. The standard InChI is InChI=1S/C20H22N4/c1-14-9-10-15(2)18(13-14)23-20-21-12-11-19(24-20)22-16(3)17-7-5-4-6-8-17/h4-13,16H,1-3H3,(H2,21,22,23,24). The molecule has 3 aromatic rings. The summed E-state index contributed by atoms with van der Waals surface area (Å²) in [5, 5.41) is 6.72. The van der Waals surface area contributed by atoms with Crippen molar-refractivity contribution in [2.75, 3.05) is 10.6 Å². The third-order valence-electron chi connectivity index (χ3n) is 3.96. The smallest absolute Gasteiger partial charge is 0.229 e. The average Bonchev–Trinajstić information content (AvgIpc) is 2.59. The van der Waals surface area contributed by atoms with Crippen molar-refractivity contribution in [3.05, 3.63) is 77.5 Å². The summed E-state index contributed by atoms with van der Waals surface area (Å²) in [4.78, 5) is 8.89. The molecular formula is C20H22N4. The molecule has 0 aliphatic heterocycles. The largest absolute Gasteiger partial charge is 0.363 e. The Labute approximate surface area is 143 Å². The Hall–Kier alpha value is -2.88. The van der Waals surface area contributed by atoms with E-state index in [1.54, 1.807) is 6.20 Å². The molecule has 0 saturated carbocycles. The Kier molecular flexibility index (Phi) is 4.75. The van der Waals surface area contributed by atoms with Gasteiger partial charge in [-0.25, -0.2) is 4.98 Å². The summed E-state index contributed by atoms with van der Waals surface area (Å²) in [6.07, 6.45) is 1.76. The van der Waals surface area contributed by atoms with E-state index in [0.717, 1.165) is 11.5 Å². The lowest BCUT2D eigenvalue weighted by Crippen LogP contribution is -2.09. The number of benzene rings is 2. The Morgan fingerprint density at radius 3 is 2.54 bits per heavy atom. The van der Waals surface area contributed by atoms with Crippen molar-refractivity contribution >= 4 is 17.5 Å². The monoisotopic (exact) mass is 318 g/mol. The first-order valence-corrected chi connectivity index (χ1v) is 8.10. The Morgan fingerprint density at radius 1 is 0.958 bits per heavy atom. The molecule has 0 aliphatic carbocycles. The van der Waals surface area contributed by atoms with Crippen LogP contribution in [-0.4, -0.2) is 9.97 Å². The Balaban J connectivity index is 1.76. The lowest BCUT2D eigenvalue weighted by atomic mass is 10.1. The fraction of sp³-hybridized carbons (Fsp3) is 0.200. The van der Waals surface area contributed by atoms with E-state index >= 15 is 0 Å². The number of aryl methyl sites for hydroxylation is 2. The van der Waals surface area contributed by atoms with E-state index < -0.39 is 0 Å². The van der Waals surface area contributed by atoms with Crippen LogP contribution in [0.1, 0.15) is 29.7 Å². The van der Waals surface area contributed by atoms with Gasteiger partial charge in [-0.05, 0) is 49.6 Å². The lowest BCUT2D eigenvalue weighted by Gasteiger charge is -2.15. The molecule has 1 atom stereocenters. The molecular weight excluding hydrogens is 296 g/mol. The zero-order valence-electron chi connectivity index (χ0n) is 14.2. The van der Waals surface area contributed by atoms with Crippen LogP contribution in [0.25, 0.3) is 0 Å². The Morgan fingerprint density at radius 2 is 1.75 bits per heavy atom. The highest BCUT2D eigenvalue weighted by molar-refractivity contribution is 5.60. The topological polar surface area (TPSA) is 49.8 Å². The van der Waals surface area contributed by atoms with E-state index in [0.29, 0.717) is 5.95 Å². The summed E-state index contributed by atoms with van der Waals surface area (Å²) in [7, 11) is 0. The van der Waals surface area contributed by atoms with Crippen LogP contribution in [0.4, 0.5) is 17.5 Å². The molecule has 0 bridgehead atoms. The number of nitrogens with one attached hydrogen (secondary N) is 2. The van der Waals surface area contributed by atoms with Gasteiger partial charge in [0, 0.05) is 17.9 Å². The number of aromatic nitrogens is 2. The second-order valence-corrected chi connectivity index (χ2v) is 5.99. The Bertz CT molecular complexity index is 815. The van der Waals surface area contributed by atoms with E-state index in [9.17, 15) is 0 Å². The van der Waals surface area contributed by atoms with E-state index in [4.69, 9.17) is 0 Å². The van der Waals surface area contributed by atoms with Gasteiger partial charge in [0.2, 0.25) is 5.95 Å². The summed E-state index contributed by atoms with van der Waals surface area (Å²) in [6.45, 7) is 6.27. The molecule has 1 unspecified atom stereocenters. The quantitative estimate of drug-likeness (QED) is 0.694. The molecule has 0 saturated heterocycles. The predicted octanol–water partition coefficient (Wildman–Crippen LogP) is 5.01. The molecule has 2 aromatic carbocycles. The zero-order chi connectivity index (χ0) is 16.9. The van der Waals surface area contributed by atoms with Crippen LogP contribution in [0.2, 0.25) is 0 Å². The van der Waals surface area contributed by atoms with Gasteiger partial charge < -0.3 is 10.6 Å². The van der Waals surface area contributed by atoms with Crippen molar-refractivity contribution in [3.8, 4) is 0 Å². The second kappa shape index (κ2) is 7.13. The van der Waals surface area contributed by atoms with Gasteiger partial charge in [-0.2, -0.15) is 4.98 Å². The number of hydrogen-bond acceptors (Lipinski definition) is 4. The maximum Gasteiger partial charge on any atom is 0.229 e. The fourth-order valence-electron chi connectivity index (χ4n) is 2.54. The highest BCUT2D eigenvalue weighted by Crippen LogP contribution is 2.22. The van der Waals surface area contributed by atoms with Gasteiger partial charge in [0.25, 0.3) is 0 Å². The maximum atomic E-state index is 4.57. The number of rotatable bonds is 5. The molecule has 0 amide bonds. The van der Waals surface area contributed by atoms with E-state index in [-0.39, 0.29) is 6.04 Å². The molecule has 1 heterocycles. The maximum absolute atomic E-state index is 4.57. The molecule has 24 heavy (non-hydrogen) atoms. The van der Waals surface area contributed by atoms with Crippen molar-refractivity contribution in [2.24, 2.45) is 0 Å². The van der Waals surface area contributed by atoms with Gasteiger partial charge in [-0.15, -0.1) is 0 Å². The van der Waals surface area contributed by atoms with Gasteiger partial charge in [-0.3, -0.25) is 0 Å². The van der Waals surface area contributed by atoms with Crippen molar-refractivity contribution in [2.45, 2.75) is 26.8 Å². The highest BCUT2D eigenvalue weighted by atomic mass is 15.1. The summed E-state index contributed by atoms with van der Waals surface area (Å²) >= 11 is 0. The van der Waals surface area contributed by atoms with Crippen LogP contribution in [0, 0.1) is 13.8 Å². The fourth-order valence-corrected chi connectivity index (χ4v) is 2.54. The van der Waals surface area contributed by atoms with Crippen LogP contribution in [-0.2, 0) is 0 Å². The third kappa shape index (κ3) is 3.90. The highest BCUT2D eigenvalue weighted by Gasteiger charge is 2.07. The first kappa shape index (κ1) is 16.0. The summed E-state index contributed by atoms with van der Waals surface area (Å²) < 4.78 is 0. The van der Waals surface area contributed by atoms with Crippen molar-refractivity contribution in [3.63, 3.8) is 0 Å². The van der Waals surface area contributed by atoms with Gasteiger partial charge in [0.1, 0.15) is 5.82 Å². The molecule has 3 rings (SSSR count). The van der Waals surface area contributed by atoms with Crippen molar-refractivity contribution < 1.29 is 0 Å². The number of nitrogens with zero attached hydrogens (tertiary/aromatic N) is 2. The molecule has 4 nitrogen and oxygen atoms in total. The predicted molar refractivity (Wildman–Crippen MR) is 99.7 cm³/mol. The molecule has 4 heteroatoms. The van der Waals surface area contributed by atoms with E-state index in [1.807, 2.05) is 24.3 Å². The second-order valence-electron chi connectivity index (χ2n) is 5.99. The SMILES string of the molecule is Cc1ccc(C)c(Nc2nccc(NC(C)c3ccccc3)n2)c1. The molecule has 0 spiro atoms. The lowest BCUT2D eigenvalue weighted by molar-refractivity contribution is 0.873. The van der Waals surface area contributed by atoms with Gasteiger partial charge in [-0.1, -0.05) is 42.5 Å². The van der Waals surface area contributed by atoms with Crippen LogP contribution >= 0.6 is 0 Å². The minimum Gasteiger partial charge on any atom is -0.363 e. The minimum absolute atomic E-state index is 0.176. The average molecular weight is 318 g/mol. The first-order valence-electron chi connectivity index (χ1n) is 8.10. The number of hydrogen-bond donors (Lipinski definition) is 2. The van der Waals surface area contributed by atoms with Crippen LogP contribution in [0.15, 0.2) is 60.8 Å². The van der Waals surface area contributed by atoms with Gasteiger partial charge in [0.15, 0.2) is 0 Å². The van der Waals surface area contributed by atoms with Gasteiger partial charge in [0.05, 0.1) is 0 Å². The molecule has 0 radical (unpaired) electrons. The summed E-state index contributed by atoms with van der Waals surface area (Å²) in [6, 6.07) is 18.7. The molecule has 0 aliphatic rings. The summed E-state index contributed by atoms with van der Waals surface area (Å²) in [5.74, 6) is 1.39. The first-order chi connectivity index (χ1) is 11.6. The van der Waals surface area contributed by atoms with Crippen molar-refractivity contribution in [1.82, 2.24) is 9.97 Å². The van der Waals surface area contributed by atoms with Crippen molar-refractivity contribution in [1.29, 1.82) is 0 Å². The van der Waals surface area contributed by atoms with Crippen LogP contribution in [0.3, 0.4) is 0 Å². The van der Waals surface area contributed by atoms with E-state index in [1.165, 1.54) is 16.7 Å². The minimum atomic E-state index is 0.176. The summed E-state index contributed by atoms with van der Waals surface area (Å²) in [5.41, 5.74) is 4.62. The van der Waals surface area contributed by atoms with Crippen LogP contribution < -0.4 is 10.6 Å². The number of anilines is 3. The van der Waals surface area contributed by atoms with Gasteiger partial charge >= 0.3 is 0 Å². The van der Waals surface area contributed by atoms with Crippen LogP contribution in [0.5, 0.6) is 0 Å². The van der Waals surface area contributed by atoms with E-state index in [2.05, 4.69) is 71.7 Å². The molecule has 0 fully saturated rings. The molecule has 2 N–H and O–H groups in total.